The first-order valence-corrected chi connectivity index (χ1v) is 9.71. The SMILES string of the molecule is CC[C@H](C)[C@H](N)C(=O)OCN1C(=O)CCC(N2C(=O)c3cccc(N)c3C2=O)C1=O. The van der Waals surface area contributed by atoms with Gasteiger partial charge in [0.15, 0.2) is 6.73 Å². The Labute approximate surface area is 173 Å². The summed E-state index contributed by atoms with van der Waals surface area (Å²) in [5.74, 6) is -3.55. The Morgan fingerprint density at radius 3 is 2.57 bits per heavy atom. The lowest BCUT2D eigenvalue weighted by Gasteiger charge is -2.34. The third-order valence-corrected chi connectivity index (χ3v) is 5.64. The molecule has 3 atom stereocenters. The zero-order valence-corrected chi connectivity index (χ0v) is 16.8. The van der Waals surface area contributed by atoms with Crippen molar-refractivity contribution >= 4 is 35.3 Å². The Balaban J connectivity index is 1.76. The van der Waals surface area contributed by atoms with Gasteiger partial charge >= 0.3 is 5.97 Å². The summed E-state index contributed by atoms with van der Waals surface area (Å²) in [7, 11) is 0. The second kappa shape index (κ2) is 8.23. The Hall–Kier alpha value is -3.27. The third kappa shape index (κ3) is 3.54. The molecule has 2 aliphatic rings. The molecule has 0 aromatic heterocycles. The van der Waals surface area contributed by atoms with Crippen LogP contribution >= 0.6 is 0 Å². The summed E-state index contributed by atoms with van der Waals surface area (Å²) in [6, 6.07) is 2.42. The van der Waals surface area contributed by atoms with Crippen LogP contribution in [0.3, 0.4) is 0 Å². The first-order chi connectivity index (χ1) is 14.2. The molecule has 10 heteroatoms. The number of benzene rings is 1. The summed E-state index contributed by atoms with van der Waals surface area (Å²) in [6.45, 7) is 3.03. The molecule has 160 valence electrons. The zero-order valence-electron chi connectivity index (χ0n) is 16.8. The van der Waals surface area contributed by atoms with Gasteiger partial charge in [0.1, 0.15) is 12.1 Å². The predicted octanol–water partition coefficient (Wildman–Crippen LogP) is 0.257. The van der Waals surface area contributed by atoms with Gasteiger partial charge in [-0.15, -0.1) is 0 Å². The van der Waals surface area contributed by atoms with E-state index < -0.39 is 48.4 Å². The van der Waals surface area contributed by atoms with E-state index in [2.05, 4.69) is 0 Å². The van der Waals surface area contributed by atoms with Crippen LogP contribution in [0.5, 0.6) is 0 Å². The van der Waals surface area contributed by atoms with Crippen molar-refractivity contribution < 1.29 is 28.7 Å². The number of esters is 1. The van der Waals surface area contributed by atoms with E-state index in [4.69, 9.17) is 16.2 Å². The number of likely N-dealkylation sites (tertiary alicyclic amines) is 1. The van der Waals surface area contributed by atoms with E-state index in [1.165, 1.54) is 12.1 Å². The number of anilines is 1. The molecule has 10 nitrogen and oxygen atoms in total. The lowest BCUT2D eigenvalue weighted by molar-refractivity contribution is -0.164. The molecule has 4 amide bonds. The van der Waals surface area contributed by atoms with Crippen LogP contribution in [-0.2, 0) is 19.1 Å². The number of carbonyl (C=O) groups is 5. The summed E-state index contributed by atoms with van der Waals surface area (Å²) in [4.78, 5) is 64.4. The van der Waals surface area contributed by atoms with E-state index in [0.717, 1.165) is 9.80 Å². The summed E-state index contributed by atoms with van der Waals surface area (Å²) in [6.07, 6.45) is 0.552. The Kier molecular flexibility index (Phi) is 5.88. The number of nitrogens with two attached hydrogens (primary N) is 2. The van der Waals surface area contributed by atoms with E-state index in [1.807, 2.05) is 6.92 Å². The van der Waals surface area contributed by atoms with Gasteiger partial charge in [0.2, 0.25) is 5.91 Å². The molecule has 0 radical (unpaired) electrons. The largest absolute Gasteiger partial charge is 0.443 e. The average Bonchev–Trinajstić information content (AvgIpc) is 2.98. The van der Waals surface area contributed by atoms with Crippen molar-refractivity contribution in [1.29, 1.82) is 0 Å². The van der Waals surface area contributed by atoms with Crippen molar-refractivity contribution in [2.24, 2.45) is 11.7 Å². The minimum atomic E-state index is -1.18. The maximum Gasteiger partial charge on any atom is 0.324 e. The summed E-state index contributed by atoms with van der Waals surface area (Å²) >= 11 is 0. The van der Waals surface area contributed by atoms with E-state index >= 15 is 0 Å². The van der Waals surface area contributed by atoms with Crippen LogP contribution in [0.15, 0.2) is 18.2 Å². The van der Waals surface area contributed by atoms with Crippen LogP contribution in [0, 0.1) is 5.92 Å². The molecular weight excluding hydrogens is 392 g/mol. The van der Waals surface area contributed by atoms with Crippen LogP contribution in [0.4, 0.5) is 5.69 Å². The fourth-order valence-corrected chi connectivity index (χ4v) is 3.52. The second-order valence-electron chi connectivity index (χ2n) is 7.47. The van der Waals surface area contributed by atoms with Crippen LogP contribution in [0.25, 0.3) is 0 Å². The summed E-state index contributed by atoms with van der Waals surface area (Å²) in [5.41, 5.74) is 11.9. The predicted molar refractivity (Wildman–Crippen MR) is 105 cm³/mol. The van der Waals surface area contributed by atoms with Crippen molar-refractivity contribution in [1.82, 2.24) is 9.80 Å². The Morgan fingerprint density at radius 2 is 1.93 bits per heavy atom. The van der Waals surface area contributed by atoms with Gasteiger partial charge in [-0.25, -0.2) is 4.90 Å². The van der Waals surface area contributed by atoms with Crippen molar-refractivity contribution in [3.05, 3.63) is 29.3 Å². The maximum atomic E-state index is 12.9. The molecule has 0 spiro atoms. The molecule has 1 unspecified atom stereocenters. The number of piperidine rings is 1. The topological polar surface area (TPSA) is 153 Å². The number of fused-ring (bicyclic) bond motifs is 1. The highest BCUT2D eigenvalue weighted by atomic mass is 16.5. The molecule has 0 aliphatic carbocycles. The lowest BCUT2D eigenvalue weighted by atomic mass is 10.0. The maximum absolute atomic E-state index is 12.9. The minimum Gasteiger partial charge on any atom is -0.443 e. The molecule has 1 saturated heterocycles. The average molecular weight is 416 g/mol. The van der Waals surface area contributed by atoms with E-state index in [1.54, 1.807) is 13.0 Å². The quantitative estimate of drug-likeness (QED) is 0.380. The molecule has 3 rings (SSSR count). The molecule has 4 N–H and O–H groups in total. The first-order valence-electron chi connectivity index (χ1n) is 9.71. The molecular formula is C20H24N4O6. The van der Waals surface area contributed by atoms with E-state index in [-0.39, 0.29) is 35.6 Å². The number of hydrogen-bond donors (Lipinski definition) is 2. The summed E-state index contributed by atoms with van der Waals surface area (Å²) < 4.78 is 5.06. The number of amides is 4. The van der Waals surface area contributed by atoms with Gasteiger partial charge in [0.05, 0.1) is 11.1 Å². The molecule has 2 heterocycles. The number of nitrogen functional groups attached to an aromatic ring is 1. The van der Waals surface area contributed by atoms with Gasteiger partial charge in [-0.1, -0.05) is 26.3 Å². The normalized spacial score (nSPS) is 21.0. The van der Waals surface area contributed by atoms with Crippen LogP contribution in [0.1, 0.15) is 53.8 Å². The number of hydrogen-bond acceptors (Lipinski definition) is 8. The fraction of sp³-hybridized carbons (Fsp3) is 0.450. The van der Waals surface area contributed by atoms with Gasteiger partial charge in [-0.05, 0) is 24.5 Å². The highest BCUT2D eigenvalue weighted by Gasteiger charge is 2.47. The second-order valence-corrected chi connectivity index (χ2v) is 7.47. The van der Waals surface area contributed by atoms with Gasteiger partial charge in [-0.3, -0.25) is 28.9 Å². The van der Waals surface area contributed by atoms with Crippen molar-refractivity contribution in [2.45, 2.75) is 45.2 Å². The Morgan fingerprint density at radius 1 is 1.23 bits per heavy atom. The number of ether oxygens (including phenoxy) is 1. The number of carbonyl (C=O) groups excluding carboxylic acids is 5. The van der Waals surface area contributed by atoms with Gasteiger partial charge in [0, 0.05) is 12.1 Å². The monoisotopic (exact) mass is 416 g/mol. The molecule has 2 aliphatic heterocycles. The fourth-order valence-electron chi connectivity index (χ4n) is 3.52. The van der Waals surface area contributed by atoms with Crippen LogP contribution in [0.2, 0.25) is 0 Å². The van der Waals surface area contributed by atoms with Crippen molar-refractivity contribution in [3.8, 4) is 0 Å². The first kappa shape index (κ1) is 21.4. The van der Waals surface area contributed by atoms with Crippen molar-refractivity contribution in [2.75, 3.05) is 12.5 Å². The van der Waals surface area contributed by atoms with Crippen molar-refractivity contribution in [3.63, 3.8) is 0 Å². The van der Waals surface area contributed by atoms with Crippen LogP contribution in [-0.4, -0.2) is 58.2 Å². The van der Waals surface area contributed by atoms with E-state index in [9.17, 15) is 24.0 Å². The van der Waals surface area contributed by atoms with Crippen LogP contribution < -0.4 is 11.5 Å². The standard InChI is InChI=1S/C20H24N4O6/c1-3-10(2)16(22)20(29)30-9-23-14(25)8-7-13(18(23)27)24-17(26)11-5-4-6-12(21)15(11)19(24)28/h4-6,10,13,16H,3,7-9,21-22H2,1-2H3/t10-,13?,16-/m0/s1. The lowest BCUT2D eigenvalue weighted by Crippen LogP contribution is -2.57. The van der Waals surface area contributed by atoms with E-state index in [0.29, 0.717) is 6.42 Å². The third-order valence-electron chi connectivity index (χ3n) is 5.64. The number of nitrogens with zero attached hydrogens (tertiary/aromatic N) is 2. The van der Waals surface area contributed by atoms with Gasteiger partial charge in [0.25, 0.3) is 17.7 Å². The highest BCUT2D eigenvalue weighted by molar-refractivity contribution is 6.25. The molecule has 0 bridgehead atoms. The molecule has 1 aromatic carbocycles. The van der Waals surface area contributed by atoms with Gasteiger partial charge < -0.3 is 16.2 Å². The molecule has 1 fully saturated rings. The minimum absolute atomic E-state index is 0.0140. The zero-order chi connectivity index (χ0) is 22.2. The smallest absolute Gasteiger partial charge is 0.324 e. The van der Waals surface area contributed by atoms with Gasteiger partial charge in [-0.2, -0.15) is 0 Å². The summed E-state index contributed by atoms with van der Waals surface area (Å²) in [5, 5.41) is 0. The number of imide groups is 2. The highest BCUT2D eigenvalue weighted by Crippen LogP contribution is 2.32. The molecule has 30 heavy (non-hydrogen) atoms. The number of rotatable bonds is 6. The molecule has 1 aromatic rings. The Bertz CT molecular complexity index is 930. The molecule has 0 saturated carbocycles.